The van der Waals surface area contributed by atoms with Gasteiger partial charge in [0, 0.05) is 5.56 Å². The van der Waals surface area contributed by atoms with Crippen molar-refractivity contribution in [1.82, 2.24) is 0 Å². The molecule has 0 aromatic heterocycles. The lowest BCUT2D eigenvalue weighted by Gasteiger charge is -2.08. The fraction of sp³-hybridized carbons (Fsp3) is 0.400. The number of hydrogen-bond acceptors (Lipinski definition) is 3. The molecule has 0 aliphatic carbocycles. The van der Waals surface area contributed by atoms with Gasteiger partial charge in [-0.05, 0) is 25.0 Å². The molecule has 70 valence electrons. The fourth-order valence-electron chi connectivity index (χ4n) is 1.63. The van der Waals surface area contributed by atoms with Gasteiger partial charge < -0.3 is 14.6 Å². The van der Waals surface area contributed by atoms with Crippen LogP contribution < -0.4 is 9.47 Å². The minimum absolute atomic E-state index is 0.204. The molecule has 3 heteroatoms. The Morgan fingerprint density at radius 3 is 2.92 bits per heavy atom. The second kappa shape index (κ2) is 2.83. The Kier molecular flexibility index (Phi) is 1.79. The van der Waals surface area contributed by atoms with Crippen molar-refractivity contribution in [2.75, 3.05) is 6.79 Å². The lowest BCUT2D eigenvalue weighted by atomic mass is 10.0. The van der Waals surface area contributed by atoms with Crippen molar-refractivity contribution in [3.8, 4) is 17.2 Å². The molecule has 1 aromatic carbocycles. The van der Waals surface area contributed by atoms with Crippen LogP contribution in [0.25, 0.3) is 0 Å². The van der Waals surface area contributed by atoms with Gasteiger partial charge in [-0.1, -0.05) is 6.92 Å². The van der Waals surface area contributed by atoms with Gasteiger partial charge in [-0.25, -0.2) is 0 Å². The van der Waals surface area contributed by atoms with Gasteiger partial charge in [0.25, 0.3) is 0 Å². The van der Waals surface area contributed by atoms with Gasteiger partial charge in [0.2, 0.25) is 12.5 Å². The van der Waals surface area contributed by atoms with Crippen LogP contribution in [-0.2, 0) is 6.42 Å². The third-order valence-electron chi connectivity index (χ3n) is 2.32. The molecule has 0 amide bonds. The lowest BCUT2D eigenvalue weighted by molar-refractivity contribution is 0.171. The van der Waals surface area contributed by atoms with E-state index in [1.165, 1.54) is 0 Å². The van der Waals surface area contributed by atoms with Crippen LogP contribution in [0.3, 0.4) is 0 Å². The summed E-state index contributed by atoms with van der Waals surface area (Å²) >= 11 is 0. The van der Waals surface area contributed by atoms with Crippen molar-refractivity contribution in [1.29, 1.82) is 0 Å². The maximum atomic E-state index is 9.79. The topological polar surface area (TPSA) is 38.7 Å². The molecule has 0 spiro atoms. The molecule has 2 rings (SSSR count). The van der Waals surface area contributed by atoms with E-state index >= 15 is 0 Å². The Morgan fingerprint density at radius 2 is 2.23 bits per heavy atom. The Bertz CT molecular complexity index is 341. The predicted molar refractivity (Wildman–Crippen MR) is 48.3 cm³/mol. The molecule has 1 aliphatic rings. The predicted octanol–water partition coefficient (Wildman–Crippen LogP) is 1.99. The monoisotopic (exact) mass is 180 g/mol. The van der Waals surface area contributed by atoms with E-state index in [-0.39, 0.29) is 12.5 Å². The minimum Gasteiger partial charge on any atom is -0.504 e. The number of aromatic hydroxyl groups is 1. The van der Waals surface area contributed by atoms with Crippen molar-refractivity contribution in [3.05, 3.63) is 17.2 Å². The van der Waals surface area contributed by atoms with Crippen molar-refractivity contribution in [3.63, 3.8) is 0 Å². The van der Waals surface area contributed by atoms with Gasteiger partial charge in [-0.15, -0.1) is 0 Å². The summed E-state index contributed by atoms with van der Waals surface area (Å²) in [6.45, 7) is 4.17. The first-order chi connectivity index (χ1) is 6.24. The van der Waals surface area contributed by atoms with Crippen molar-refractivity contribution < 1.29 is 14.6 Å². The van der Waals surface area contributed by atoms with Crippen LogP contribution in [0.5, 0.6) is 17.2 Å². The van der Waals surface area contributed by atoms with Crippen LogP contribution >= 0.6 is 0 Å². The normalized spacial score (nSPS) is 13.4. The summed E-state index contributed by atoms with van der Waals surface area (Å²) in [5.74, 6) is 1.37. The van der Waals surface area contributed by atoms with Gasteiger partial charge in [0.1, 0.15) is 0 Å². The molecule has 0 saturated carbocycles. The van der Waals surface area contributed by atoms with Gasteiger partial charge in [-0.2, -0.15) is 0 Å². The highest BCUT2D eigenvalue weighted by Gasteiger charge is 2.21. The van der Waals surface area contributed by atoms with Crippen LogP contribution in [-0.4, -0.2) is 11.9 Å². The molecule has 1 aliphatic heterocycles. The summed E-state index contributed by atoms with van der Waals surface area (Å²) in [5.41, 5.74) is 1.98. The number of ether oxygens (including phenoxy) is 2. The van der Waals surface area contributed by atoms with Crippen LogP contribution in [0.2, 0.25) is 0 Å². The molecule has 13 heavy (non-hydrogen) atoms. The van der Waals surface area contributed by atoms with Crippen molar-refractivity contribution in [2.24, 2.45) is 0 Å². The van der Waals surface area contributed by atoms with Crippen LogP contribution in [0.15, 0.2) is 6.07 Å². The van der Waals surface area contributed by atoms with Crippen molar-refractivity contribution >= 4 is 0 Å². The number of rotatable bonds is 1. The zero-order chi connectivity index (χ0) is 9.42. The molecule has 1 aromatic rings. The number of aryl methyl sites for hydroxylation is 1. The zero-order valence-electron chi connectivity index (χ0n) is 7.76. The van der Waals surface area contributed by atoms with Gasteiger partial charge >= 0.3 is 0 Å². The van der Waals surface area contributed by atoms with Crippen molar-refractivity contribution in [2.45, 2.75) is 20.3 Å². The summed E-state index contributed by atoms with van der Waals surface area (Å²) in [7, 11) is 0. The molecule has 1 N–H and O–H groups in total. The number of fused-ring (bicyclic) bond motifs is 1. The Hall–Kier alpha value is -1.38. The average molecular weight is 180 g/mol. The largest absolute Gasteiger partial charge is 0.504 e. The van der Waals surface area contributed by atoms with Crippen LogP contribution in [0.1, 0.15) is 18.1 Å². The highest BCUT2D eigenvalue weighted by atomic mass is 16.7. The Morgan fingerprint density at radius 1 is 1.46 bits per heavy atom. The fourth-order valence-corrected chi connectivity index (χ4v) is 1.63. The Balaban J connectivity index is 2.62. The van der Waals surface area contributed by atoms with E-state index in [2.05, 4.69) is 0 Å². The number of phenols is 1. The lowest BCUT2D eigenvalue weighted by Crippen LogP contribution is -1.93. The summed E-state index contributed by atoms with van der Waals surface area (Å²) in [6.07, 6.45) is 0.800. The van der Waals surface area contributed by atoms with E-state index in [0.29, 0.717) is 11.5 Å². The highest BCUT2D eigenvalue weighted by Crippen LogP contribution is 2.44. The summed E-state index contributed by atoms with van der Waals surface area (Å²) in [4.78, 5) is 0. The maximum Gasteiger partial charge on any atom is 0.231 e. The SMILES string of the molecule is CCc1c(C)cc2c(c1O)OCO2. The third kappa shape index (κ3) is 1.11. The molecule has 0 saturated heterocycles. The quantitative estimate of drug-likeness (QED) is 0.718. The Labute approximate surface area is 76.9 Å². The standard InChI is InChI=1S/C10H12O3/c1-3-7-6(2)4-8-10(9(7)11)13-5-12-8/h4,11H,3,5H2,1-2H3. The molecule has 0 fully saturated rings. The van der Waals surface area contributed by atoms with E-state index in [1.807, 2.05) is 19.9 Å². The third-order valence-corrected chi connectivity index (χ3v) is 2.32. The van der Waals surface area contributed by atoms with E-state index < -0.39 is 0 Å². The van der Waals surface area contributed by atoms with E-state index in [9.17, 15) is 5.11 Å². The first-order valence-corrected chi connectivity index (χ1v) is 4.35. The summed E-state index contributed by atoms with van der Waals surface area (Å²) in [5, 5.41) is 9.79. The maximum absolute atomic E-state index is 9.79. The van der Waals surface area contributed by atoms with E-state index in [1.54, 1.807) is 0 Å². The van der Waals surface area contributed by atoms with Gasteiger partial charge in [0.15, 0.2) is 11.5 Å². The van der Waals surface area contributed by atoms with Crippen LogP contribution in [0, 0.1) is 6.92 Å². The zero-order valence-corrected chi connectivity index (χ0v) is 7.76. The molecule has 0 atom stereocenters. The average Bonchev–Trinajstić information content (AvgIpc) is 2.53. The second-order valence-electron chi connectivity index (χ2n) is 3.11. The molecule has 3 nitrogen and oxygen atoms in total. The molecular formula is C10H12O3. The molecule has 1 heterocycles. The molecule has 0 radical (unpaired) electrons. The van der Waals surface area contributed by atoms with Crippen LogP contribution in [0.4, 0.5) is 0 Å². The first-order valence-electron chi connectivity index (χ1n) is 4.35. The van der Waals surface area contributed by atoms with Gasteiger partial charge in [0.05, 0.1) is 0 Å². The van der Waals surface area contributed by atoms with E-state index in [4.69, 9.17) is 9.47 Å². The molecule has 0 unspecified atom stereocenters. The second-order valence-corrected chi connectivity index (χ2v) is 3.11. The van der Waals surface area contributed by atoms with E-state index in [0.717, 1.165) is 17.5 Å². The summed E-state index contributed by atoms with van der Waals surface area (Å²) < 4.78 is 10.3. The summed E-state index contributed by atoms with van der Waals surface area (Å²) in [6, 6.07) is 1.90. The highest BCUT2D eigenvalue weighted by molar-refractivity contribution is 5.59. The van der Waals surface area contributed by atoms with Gasteiger partial charge in [-0.3, -0.25) is 0 Å². The smallest absolute Gasteiger partial charge is 0.231 e. The number of hydrogen-bond donors (Lipinski definition) is 1. The minimum atomic E-state index is 0.204. The molecule has 0 bridgehead atoms. The first kappa shape index (κ1) is 8.23. The number of phenolic OH excluding ortho intramolecular Hbond substituents is 1. The number of benzene rings is 1. The molecular weight excluding hydrogens is 168 g/mol.